The van der Waals surface area contributed by atoms with Crippen LogP contribution in [0.2, 0.25) is 0 Å². The molecule has 0 aliphatic carbocycles. The average Bonchev–Trinajstić information content (AvgIpc) is 3.35. The first-order valence-corrected chi connectivity index (χ1v) is 9.81. The number of nitrogens with zero attached hydrogens (tertiary/aromatic N) is 5. The molecule has 0 radical (unpaired) electrons. The molecule has 3 aromatic rings. The fourth-order valence-electron chi connectivity index (χ4n) is 3.50. The Labute approximate surface area is 170 Å². The molecule has 0 saturated carbocycles. The summed E-state index contributed by atoms with van der Waals surface area (Å²) in [4.78, 5) is 16.8. The maximum Gasteiger partial charge on any atom is 0.246 e. The van der Waals surface area contributed by atoms with E-state index in [1.165, 1.54) is 0 Å². The second kappa shape index (κ2) is 8.45. The Hall–Kier alpha value is -3.19. The SMILES string of the molecule is Cc1noc(C)c1CN1CCN(C(=O)C=Cc2cnn(-c3ccccc3)c2)CC1. The molecule has 0 N–H and O–H groups in total. The van der Waals surface area contributed by atoms with Gasteiger partial charge in [-0.15, -0.1) is 0 Å². The van der Waals surface area contributed by atoms with Crippen LogP contribution < -0.4 is 0 Å². The molecule has 7 heteroatoms. The van der Waals surface area contributed by atoms with E-state index in [0.29, 0.717) is 0 Å². The zero-order chi connectivity index (χ0) is 20.2. The molecule has 1 aliphatic heterocycles. The third kappa shape index (κ3) is 4.46. The topological polar surface area (TPSA) is 67.4 Å². The molecule has 7 nitrogen and oxygen atoms in total. The number of piperazine rings is 1. The number of aryl methyl sites for hydroxylation is 2. The van der Waals surface area contributed by atoms with E-state index in [2.05, 4.69) is 15.2 Å². The van der Waals surface area contributed by atoms with Crippen molar-refractivity contribution in [1.82, 2.24) is 24.7 Å². The van der Waals surface area contributed by atoms with Crippen molar-refractivity contribution >= 4 is 12.0 Å². The quantitative estimate of drug-likeness (QED) is 0.626. The van der Waals surface area contributed by atoms with E-state index in [4.69, 9.17) is 4.52 Å². The summed E-state index contributed by atoms with van der Waals surface area (Å²) in [6, 6.07) is 9.91. The summed E-state index contributed by atoms with van der Waals surface area (Å²) in [6.07, 6.45) is 7.14. The molecule has 0 bridgehead atoms. The first-order chi connectivity index (χ1) is 14.1. The summed E-state index contributed by atoms with van der Waals surface area (Å²) in [5.74, 6) is 0.912. The normalized spacial score (nSPS) is 15.3. The zero-order valence-electron chi connectivity index (χ0n) is 16.8. The van der Waals surface area contributed by atoms with Gasteiger partial charge in [-0.1, -0.05) is 23.4 Å². The van der Waals surface area contributed by atoms with Crippen LogP contribution in [0.5, 0.6) is 0 Å². The fourth-order valence-corrected chi connectivity index (χ4v) is 3.50. The van der Waals surface area contributed by atoms with Crippen LogP contribution in [0.3, 0.4) is 0 Å². The van der Waals surface area contributed by atoms with E-state index < -0.39 is 0 Å². The molecule has 2 aromatic heterocycles. The van der Waals surface area contributed by atoms with Gasteiger partial charge in [0.25, 0.3) is 0 Å². The largest absolute Gasteiger partial charge is 0.361 e. The van der Waals surface area contributed by atoms with E-state index in [0.717, 1.165) is 61.0 Å². The van der Waals surface area contributed by atoms with Crippen LogP contribution in [-0.4, -0.2) is 56.8 Å². The fraction of sp³-hybridized carbons (Fsp3) is 0.318. The summed E-state index contributed by atoms with van der Waals surface area (Å²) in [6.45, 7) is 7.85. The van der Waals surface area contributed by atoms with Gasteiger partial charge in [0.15, 0.2) is 0 Å². The monoisotopic (exact) mass is 391 g/mol. The second-order valence-corrected chi connectivity index (χ2v) is 7.29. The molecular weight excluding hydrogens is 366 g/mol. The maximum atomic E-state index is 12.5. The molecule has 3 heterocycles. The van der Waals surface area contributed by atoms with Crippen LogP contribution in [-0.2, 0) is 11.3 Å². The Balaban J connectivity index is 1.30. The zero-order valence-corrected chi connectivity index (χ0v) is 16.8. The summed E-state index contributed by atoms with van der Waals surface area (Å²) in [5, 5.41) is 8.37. The van der Waals surface area contributed by atoms with E-state index in [9.17, 15) is 4.79 Å². The Morgan fingerprint density at radius 2 is 1.90 bits per heavy atom. The van der Waals surface area contributed by atoms with Crippen LogP contribution in [0.4, 0.5) is 0 Å². The lowest BCUT2D eigenvalue weighted by atomic mass is 10.1. The molecule has 0 unspecified atom stereocenters. The van der Waals surface area contributed by atoms with E-state index >= 15 is 0 Å². The van der Waals surface area contributed by atoms with Gasteiger partial charge in [0, 0.05) is 56.1 Å². The highest BCUT2D eigenvalue weighted by Crippen LogP contribution is 2.16. The average molecular weight is 391 g/mol. The van der Waals surface area contributed by atoms with E-state index in [-0.39, 0.29) is 5.91 Å². The number of carbonyl (C=O) groups excluding carboxylic acids is 1. The standard InChI is InChI=1S/C22H25N5O2/c1-17-21(18(2)29-24-17)16-25-10-12-26(13-11-25)22(28)9-8-19-14-23-27(15-19)20-6-4-3-5-7-20/h3-9,14-15H,10-13,16H2,1-2H3. The van der Waals surface area contributed by atoms with Gasteiger partial charge in [0.1, 0.15) is 5.76 Å². The van der Waals surface area contributed by atoms with Crippen molar-refractivity contribution in [2.24, 2.45) is 0 Å². The Morgan fingerprint density at radius 1 is 1.14 bits per heavy atom. The smallest absolute Gasteiger partial charge is 0.246 e. The lowest BCUT2D eigenvalue weighted by Gasteiger charge is -2.34. The maximum absolute atomic E-state index is 12.5. The highest BCUT2D eigenvalue weighted by Gasteiger charge is 2.21. The predicted octanol–water partition coefficient (Wildman–Crippen LogP) is 2.83. The minimum Gasteiger partial charge on any atom is -0.361 e. The Kier molecular flexibility index (Phi) is 5.57. The summed E-state index contributed by atoms with van der Waals surface area (Å²) in [5.41, 5.74) is 3.99. The number of hydrogen-bond donors (Lipinski definition) is 0. The third-order valence-electron chi connectivity index (χ3n) is 5.29. The molecular formula is C22H25N5O2. The van der Waals surface area contributed by atoms with E-state index in [1.54, 1.807) is 17.0 Å². The van der Waals surface area contributed by atoms with Gasteiger partial charge in [0.2, 0.25) is 5.91 Å². The van der Waals surface area contributed by atoms with Crippen molar-refractivity contribution in [3.05, 3.63) is 71.4 Å². The number of hydrogen-bond acceptors (Lipinski definition) is 5. The molecule has 1 amide bonds. The third-order valence-corrected chi connectivity index (χ3v) is 5.29. The molecule has 0 spiro atoms. The second-order valence-electron chi connectivity index (χ2n) is 7.29. The highest BCUT2D eigenvalue weighted by molar-refractivity contribution is 5.91. The molecule has 150 valence electrons. The van der Waals surface area contributed by atoms with Crippen molar-refractivity contribution in [3.8, 4) is 5.69 Å². The molecule has 4 rings (SSSR count). The first kappa shape index (κ1) is 19.1. The predicted molar refractivity (Wildman–Crippen MR) is 110 cm³/mol. The van der Waals surface area contributed by atoms with Crippen LogP contribution in [0, 0.1) is 13.8 Å². The van der Waals surface area contributed by atoms with Crippen molar-refractivity contribution in [2.75, 3.05) is 26.2 Å². The molecule has 1 aromatic carbocycles. The number of rotatable bonds is 5. The number of benzene rings is 1. The van der Waals surface area contributed by atoms with E-state index in [1.807, 2.05) is 61.4 Å². The minimum absolute atomic E-state index is 0.0365. The van der Waals surface area contributed by atoms with Gasteiger partial charge in [0.05, 0.1) is 17.6 Å². The molecule has 0 atom stereocenters. The van der Waals surface area contributed by atoms with Crippen LogP contribution >= 0.6 is 0 Å². The first-order valence-electron chi connectivity index (χ1n) is 9.81. The number of amides is 1. The Morgan fingerprint density at radius 3 is 2.59 bits per heavy atom. The lowest BCUT2D eigenvalue weighted by Crippen LogP contribution is -2.47. The molecule has 1 fully saturated rings. The van der Waals surface area contributed by atoms with Crippen molar-refractivity contribution in [3.63, 3.8) is 0 Å². The number of para-hydroxylation sites is 1. The van der Waals surface area contributed by atoms with Gasteiger partial charge in [-0.05, 0) is 32.1 Å². The van der Waals surface area contributed by atoms with Gasteiger partial charge in [-0.2, -0.15) is 5.10 Å². The summed E-state index contributed by atoms with van der Waals surface area (Å²) >= 11 is 0. The summed E-state index contributed by atoms with van der Waals surface area (Å²) in [7, 11) is 0. The van der Waals surface area contributed by atoms with Crippen LogP contribution in [0.25, 0.3) is 11.8 Å². The molecule has 1 aliphatic rings. The van der Waals surface area contributed by atoms with Gasteiger partial charge >= 0.3 is 0 Å². The van der Waals surface area contributed by atoms with Gasteiger partial charge in [-0.25, -0.2) is 4.68 Å². The van der Waals surface area contributed by atoms with Crippen LogP contribution in [0.1, 0.15) is 22.6 Å². The summed E-state index contributed by atoms with van der Waals surface area (Å²) < 4.78 is 7.05. The number of carbonyl (C=O) groups is 1. The molecule has 29 heavy (non-hydrogen) atoms. The number of aromatic nitrogens is 3. The van der Waals surface area contributed by atoms with Crippen molar-refractivity contribution < 1.29 is 9.32 Å². The Bertz CT molecular complexity index is 978. The minimum atomic E-state index is 0.0365. The highest BCUT2D eigenvalue weighted by atomic mass is 16.5. The van der Waals surface area contributed by atoms with Gasteiger partial charge in [-0.3, -0.25) is 9.69 Å². The van der Waals surface area contributed by atoms with Crippen LogP contribution in [0.15, 0.2) is 53.3 Å². The van der Waals surface area contributed by atoms with Gasteiger partial charge < -0.3 is 9.42 Å². The van der Waals surface area contributed by atoms with Crippen molar-refractivity contribution in [2.45, 2.75) is 20.4 Å². The lowest BCUT2D eigenvalue weighted by molar-refractivity contribution is -0.127. The van der Waals surface area contributed by atoms with Crippen molar-refractivity contribution in [1.29, 1.82) is 0 Å². The molecule has 1 saturated heterocycles.